The van der Waals surface area contributed by atoms with Crippen LogP contribution in [0.3, 0.4) is 0 Å². The van der Waals surface area contributed by atoms with Crippen molar-refractivity contribution in [2.75, 3.05) is 0 Å². The van der Waals surface area contributed by atoms with Gasteiger partial charge in [0.2, 0.25) is 0 Å². The lowest BCUT2D eigenvalue weighted by Crippen LogP contribution is -1.92. The highest BCUT2D eigenvalue weighted by Gasteiger charge is 2.19. The fourth-order valence-corrected chi connectivity index (χ4v) is 3.03. The van der Waals surface area contributed by atoms with Gasteiger partial charge in [0.15, 0.2) is 0 Å². The Morgan fingerprint density at radius 3 is 2.89 bits per heavy atom. The van der Waals surface area contributed by atoms with Gasteiger partial charge in [-0.3, -0.25) is 4.98 Å². The Morgan fingerprint density at radius 2 is 1.95 bits per heavy atom. The first-order chi connectivity index (χ1) is 9.34. The summed E-state index contributed by atoms with van der Waals surface area (Å²) in [6.07, 6.45) is 11.1. The zero-order chi connectivity index (χ0) is 12.8. The molecule has 0 fully saturated rings. The summed E-state index contributed by atoms with van der Waals surface area (Å²) < 4.78 is 1.08. The first-order valence-electron chi connectivity index (χ1n) is 6.10. The summed E-state index contributed by atoms with van der Waals surface area (Å²) in [5, 5.41) is 3.60. The molecular formula is C17H9BrN+. The molecule has 0 atom stereocenters. The van der Waals surface area contributed by atoms with Crippen LogP contribution < -0.4 is 0 Å². The molecule has 1 aliphatic carbocycles. The van der Waals surface area contributed by atoms with Crippen molar-refractivity contribution >= 4 is 49.8 Å². The van der Waals surface area contributed by atoms with Crippen LogP contribution in [0.15, 0.2) is 47.1 Å². The lowest BCUT2D eigenvalue weighted by molar-refractivity contribution is 1.42. The molecule has 19 heavy (non-hydrogen) atoms. The van der Waals surface area contributed by atoms with E-state index in [9.17, 15) is 0 Å². The van der Waals surface area contributed by atoms with Crippen molar-refractivity contribution < 1.29 is 0 Å². The summed E-state index contributed by atoms with van der Waals surface area (Å²) in [5.41, 5.74) is 3.51. The summed E-state index contributed by atoms with van der Waals surface area (Å²) in [4.78, 5) is 4.57. The SMILES string of the molecule is Brc1ccc2c3c(c4cccnc4c2c1)C=[C+]C=C3. The van der Waals surface area contributed by atoms with Gasteiger partial charge >= 0.3 is 0 Å². The molecule has 0 radical (unpaired) electrons. The lowest BCUT2D eigenvalue weighted by atomic mass is 9.92. The Labute approximate surface area is 119 Å². The zero-order valence-corrected chi connectivity index (χ0v) is 11.6. The summed E-state index contributed by atoms with van der Waals surface area (Å²) in [6, 6.07) is 10.5. The van der Waals surface area contributed by atoms with E-state index in [0.717, 1.165) is 9.99 Å². The van der Waals surface area contributed by atoms with Gasteiger partial charge in [0.05, 0.1) is 17.0 Å². The van der Waals surface area contributed by atoms with E-state index in [0.29, 0.717) is 0 Å². The van der Waals surface area contributed by atoms with Crippen LogP contribution in [-0.4, -0.2) is 4.98 Å². The average Bonchev–Trinajstić information content (AvgIpc) is 2.47. The molecule has 0 unspecified atom stereocenters. The summed E-state index contributed by atoms with van der Waals surface area (Å²) in [6.45, 7) is 0. The summed E-state index contributed by atoms with van der Waals surface area (Å²) in [5.74, 6) is 0. The topological polar surface area (TPSA) is 12.9 Å². The largest absolute Gasteiger partial charge is 0.254 e. The number of rotatable bonds is 0. The van der Waals surface area contributed by atoms with Gasteiger partial charge in [0, 0.05) is 27.5 Å². The van der Waals surface area contributed by atoms with Gasteiger partial charge in [-0.1, -0.05) is 22.0 Å². The van der Waals surface area contributed by atoms with Crippen molar-refractivity contribution in [3.8, 4) is 0 Å². The number of aromatic nitrogens is 1. The maximum Gasteiger partial charge on any atom is 0.111 e. The molecule has 0 N–H and O–H groups in total. The predicted octanol–water partition coefficient (Wildman–Crippen LogP) is 4.99. The third kappa shape index (κ3) is 1.54. The molecule has 1 nitrogen and oxygen atoms in total. The van der Waals surface area contributed by atoms with Gasteiger partial charge in [-0.15, -0.1) is 0 Å². The number of hydrogen-bond donors (Lipinski definition) is 0. The lowest BCUT2D eigenvalue weighted by Gasteiger charge is -2.08. The molecule has 3 aromatic rings. The van der Waals surface area contributed by atoms with Crippen LogP contribution >= 0.6 is 15.9 Å². The Morgan fingerprint density at radius 1 is 1.00 bits per heavy atom. The minimum atomic E-state index is 1.05. The van der Waals surface area contributed by atoms with Gasteiger partial charge in [-0.2, -0.15) is 0 Å². The molecule has 0 amide bonds. The Kier molecular flexibility index (Phi) is 2.28. The molecule has 0 saturated carbocycles. The molecule has 1 aliphatic rings. The van der Waals surface area contributed by atoms with Crippen molar-refractivity contribution in [2.45, 2.75) is 0 Å². The third-order valence-electron chi connectivity index (χ3n) is 3.49. The number of pyridine rings is 1. The minimum Gasteiger partial charge on any atom is -0.254 e. The number of hydrogen-bond acceptors (Lipinski definition) is 1. The second kappa shape index (κ2) is 3.99. The van der Waals surface area contributed by atoms with Gasteiger partial charge in [-0.05, 0) is 24.3 Å². The molecular weight excluding hydrogens is 298 g/mol. The van der Waals surface area contributed by atoms with Crippen LogP contribution in [-0.2, 0) is 0 Å². The number of halogens is 1. The maximum absolute atomic E-state index is 4.57. The fourth-order valence-electron chi connectivity index (χ4n) is 2.67. The number of benzene rings is 2. The normalized spacial score (nSPS) is 12.7. The summed E-state index contributed by atoms with van der Waals surface area (Å²) >= 11 is 3.55. The highest BCUT2D eigenvalue weighted by Crippen LogP contribution is 2.35. The second-order valence-electron chi connectivity index (χ2n) is 4.56. The average molecular weight is 307 g/mol. The van der Waals surface area contributed by atoms with E-state index in [1.807, 2.05) is 24.4 Å². The minimum absolute atomic E-state index is 1.05. The van der Waals surface area contributed by atoms with E-state index < -0.39 is 0 Å². The second-order valence-corrected chi connectivity index (χ2v) is 5.48. The zero-order valence-electron chi connectivity index (χ0n) is 10.0. The van der Waals surface area contributed by atoms with Crippen LogP contribution in [0.2, 0.25) is 0 Å². The molecule has 2 aromatic carbocycles. The van der Waals surface area contributed by atoms with Crippen LogP contribution in [0.1, 0.15) is 11.1 Å². The molecule has 0 spiro atoms. The number of allylic oxidation sites excluding steroid dienone is 2. The molecule has 1 heterocycles. The predicted molar refractivity (Wildman–Crippen MR) is 83.7 cm³/mol. The van der Waals surface area contributed by atoms with Crippen molar-refractivity contribution in [1.29, 1.82) is 0 Å². The Hall–Kier alpha value is -2.02. The van der Waals surface area contributed by atoms with Gasteiger partial charge < -0.3 is 0 Å². The monoisotopic (exact) mass is 306 g/mol. The molecule has 0 saturated heterocycles. The van der Waals surface area contributed by atoms with Crippen molar-refractivity contribution in [3.05, 3.63) is 64.3 Å². The van der Waals surface area contributed by atoms with Gasteiger partial charge in [0.1, 0.15) is 23.3 Å². The van der Waals surface area contributed by atoms with Gasteiger partial charge in [0.25, 0.3) is 0 Å². The van der Waals surface area contributed by atoms with Crippen molar-refractivity contribution in [1.82, 2.24) is 4.98 Å². The van der Waals surface area contributed by atoms with E-state index in [1.54, 1.807) is 0 Å². The first-order valence-corrected chi connectivity index (χ1v) is 6.90. The molecule has 2 heteroatoms. The molecule has 0 bridgehead atoms. The Balaban J connectivity index is 2.34. The molecule has 88 valence electrons. The standard InChI is InChI=1S/C17H9BrN/c18-11-7-8-14-12-4-1-2-5-13(12)15-6-3-9-19-17(15)16(14)10-11/h1,3-10H/q+1. The van der Waals surface area contributed by atoms with Crippen LogP contribution in [0, 0.1) is 6.08 Å². The quantitative estimate of drug-likeness (QED) is 0.421. The maximum atomic E-state index is 4.57. The van der Waals surface area contributed by atoms with Crippen LogP contribution in [0.5, 0.6) is 0 Å². The highest BCUT2D eigenvalue weighted by molar-refractivity contribution is 9.10. The molecule has 4 rings (SSSR count). The van der Waals surface area contributed by atoms with Crippen LogP contribution in [0.25, 0.3) is 33.8 Å². The third-order valence-corrected chi connectivity index (χ3v) is 3.98. The van der Waals surface area contributed by atoms with E-state index >= 15 is 0 Å². The molecule has 1 aromatic heterocycles. The highest BCUT2D eigenvalue weighted by atomic mass is 79.9. The van der Waals surface area contributed by atoms with Gasteiger partial charge in [-0.25, -0.2) is 0 Å². The number of fused-ring (bicyclic) bond motifs is 6. The summed E-state index contributed by atoms with van der Waals surface area (Å²) in [7, 11) is 0. The number of nitrogens with zero attached hydrogens (tertiary/aromatic N) is 1. The molecule has 0 aliphatic heterocycles. The van der Waals surface area contributed by atoms with Crippen LogP contribution in [0.4, 0.5) is 0 Å². The first kappa shape index (κ1) is 10.9. The van der Waals surface area contributed by atoms with E-state index in [1.165, 1.54) is 27.3 Å². The Bertz CT molecular complexity index is 875. The van der Waals surface area contributed by atoms with E-state index in [2.05, 4.69) is 57.3 Å². The van der Waals surface area contributed by atoms with E-state index in [-0.39, 0.29) is 0 Å². The van der Waals surface area contributed by atoms with Crippen molar-refractivity contribution in [3.63, 3.8) is 0 Å². The fraction of sp³-hybridized carbons (Fsp3) is 0. The van der Waals surface area contributed by atoms with Crippen molar-refractivity contribution in [2.24, 2.45) is 0 Å². The van der Waals surface area contributed by atoms with E-state index in [4.69, 9.17) is 0 Å². The smallest absolute Gasteiger partial charge is 0.111 e.